The van der Waals surface area contributed by atoms with Crippen LogP contribution in [0.4, 0.5) is 0 Å². The van der Waals surface area contributed by atoms with Crippen molar-refractivity contribution in [1.29, 1.82) is 0 Å². The zero-order chi connectivity index (χ0) is 17.8. The van der Waals surface area contributed by atoms with Crippen molar-refractivity contribution < 1.29 is 14.6 Å². The second-order valence-electron chi connectivity index (χ2n) is 5.46. The normalized spacial score (nSPS) is 11.1. The molecule has 3 aromatic rings. The highest BCUT2D eigenvalue weighted by Gasteiger charge is 2.10. The van der Waals surface area contributed by atoms with Gasteiger partial charge in [0.1, 0.15) is 12.4 Å². The number of hydrogen-bond donors (Lipinski definition) is 2. The van der Waals surface area contributed by atoms with Gasteiger partial charge < -0.3 is 14.4 Å². The van der Waals surface area contributed by atoms with Gasteiger partial charge in [0, 0.05) is 0 Å². The number of carbonyl (C=O) groups is 1. The standard InChI is InChI=1S/C18H18N4O3/c1-12-20-14-5-3-4-6-15(14)22(12)11-18(24)21-19-10-13-7-8-17(25-2)16(23)9-13/h3-10,23H,11H2,1-2H3,(H,21,24)/b19-10+. The number of para-hydroxylation sites is 2. The molecule has 7 nitrogen and oxygen atoms in total. The SMILES string of the molecule is COc1ccc(/C=N/NC(=O)Cn2c(C)nc3ccccc32)cc1O. The molecule has 7 heteroatoms. The Bertz CT molecular complexity index is 947. The first-order valence-electron chi connectivity index (χ1n) is 7.69. The number of aromatic nitrogens is 2. The summed E-state index contributed by atoms with van der Waals surface area (Å²) in [7, 11) is 1.48. The van der Waals surface area contributed by atoms with E-state index in [0.717, 1.165) is 16.9 Å². The minimum absolute atomic E-state index is 0.0123. The van der Waals surface area contributed by atoms with E-state index < -0.39 is 0 Å². The summed E-state index contributed by atoms with van der Waals surface area (Å²) in [6.07, 6.45) is 1.45. The number of nitrogens with zero attached hydrogens (tertiary/aromatic N) is 3. The number of aryl methyl sites for hydroxylation is 1. The molecule has 3 rings (SSSR count). The Morgan fingerprint density at radius 3 is 2.92 bits per heavy atom. The van der Waals surface area contributed by atoms with E-state index in [9.17, 15) is 9.90 Å². The second-order valence-corrected chi connectivity index (χ2v) is 5.46. The van der Waals surface area contributed by atoms with E-state index in [1.807, 2.05) is 35.8 Å². The van der Waals surface area contributed by atoms with Crippen LogP contribution in [0.15, 0.2) is 47.6 Å². The van der Waals surface area contributed by atoms with E-state index in [0.29, 0.717) is 11.3 Å². The number of fused-ring (bicyclic) bond motifs is 1. The van der Waals surface area contributed by atoms with Crippen LogP contribution >= 0.6 is 0 Å². The lowest BCUT2D eigenvalue weighted by Crippen LogP contribution is -2.23. The largest absolute Gasteiger partial charge is 0.504 e. The molecule has 25 heavy (non-hydrogen) atoms. The highest BCUT2D eigenvalue weighted by molar-refractivity contribution is 5.84. The Labute approximate surface area is 144 Å². The molecule has 0 atom stereocenters. The van der Waals surface area contributed by atoms with Crippen molar-refractivity contribution in [3.8, 4) is 11.5 Å². The first kappa shape index (κ1) is 16.5. The minimum atomic E-state index is -0.264. The highest BCUT2D eigenvalue weighted by Crippen LogP contribution is 2.25. The number of carbonyl (C=O) groups excluding carboxylic acids is 1. The Morgan fingerprint density at radius 1 is 1.36 bits per heavy atom. The fourth-order valence-electron chi connectivity index (χ4n) is 2.54. The first-order valence-corrected chi connectivity index (χ1v) is 7.69. The minimum Gasteiger partial charge on any atom is -0.504 e. The number of nitrogens with one attached hydrogen (secondary N) is 1. The molecule has 0 aliphatic rings. The maximum Gasteiger partial charge on any atom is 0.260 e. The van der Waals surface area contributed by atoms with Crippen LogP contribution in [0.3, 0.4) is 0 Å². The Hall–Kier alpha value is -3.35. The van der Waals surface area contributed by atoms with Crippen LogP contribution in [0.2, 0.25) is 0 Å². The molecule has 0 fully saturated rings. The van der Waals surface area contributed by atoms with E-state index >= 15 is 0 Å². The molecule has 2 aromatic carbocycles. The number of phenolic OH excluding ortho intramolecular Hbond substituents is 1. The average Bonchev–Trinajstić information content (AvgIpc) is 2.91. The van der Waals surface area contributed by atoms with E-state index in [2.05, 4.69) is 15.5 Å². The van der Waals surface area contributed by atoms with Crippen LogP contribution in [0.25, 0.3) is 11.0 Å². The van der Waals surface area contributed by atoms with E-state index in [1.54, 1.807) is 12.1 Å². The zero-order valence-electron chi connectivity index (χ0n) is 13.9. The number of hydrogen-bond acceptors (Lipinski definition) is 5. The van der Waals surface area contributed by atoms with Gasteiger partial charge in [0.2, 0.25) is 0 Å². The van der Waals surface area contributed by atoms with Crippen molar-refractivity contribution in [2.24, 2.45) is 5.10 Å². The number of aromatic hydroxyl groups is 1. The molecule has 1 amide bonds. The predicted octanol–water partition coefficient (Wildman–Crippen LogP) is 2.21. The number of benzene rings is 2. The third-order valence-corrected chi connectivity index (χ3v) is 3.75. The molecule has 2 N–H and O–H groups in total. The van der Waals surface area contributed by atoms with E-state index in [-0.39, 0.29) is 18.2 Å². The van der Waals surface area contributed by atoms with Crippen molar-refractivity contribution in [1.82, 2.24) is 15.0 Å². The summed E-state index contributed by atoms with van der Waals surface area (Å²) in [6, 6.07) is 12.5. The van der Waals surface area contributed by atoms with Crippen LogP contribution < -0.4 is 10.2 Å². The van der Waals surface area contributed by atoms with Gasteiger partial charge in [0.15, 0.2) is 11.5 Å². The van der Waals surface area contributed by atoms with Gasteiger partial charge in [-0.15, -0.1) is 0 Å². The summed E-state index contributed by atoms with van der Waals surface area (Å²) in [4.78, 5) is 16.5. The van der Waals surface area contributed by atoms with Crippen molar-refractivity contribution in [3.63, 3.8) is 0 Å². The average molecular weight is 338 g/mol. The third-order valence-electron chi connectivity index (χ3n) is 3.75. The van der Waals surface area contributed by atoms with E-state index in [4.69, 9.17) is 4.74 Å². The quantitative estimate of drug-likeness (QED) is 0.551. The molecule has 0 saturated heterocycles. The molecular formula is C18H18N4O3. The number of amides is 1. The molecule has 0 aliphatic heterocycles. The Morgan fingerprint density at radius 2 is 2.16 bits per heavy atom. The predicted molar refractivity (Wildman–Crippen MR) is 94.9 cm³/mol. The number of methoxy groups -OCH3 is 1. The fraction of sp³-hybridized carbons (Fsp3) is 0.167. The van der Waals surface area contributed by atoms with Gasteiger partial charge in [-0.3, -0.25) is 4.79 Å². The highest BCUT2D eigenvalue weighted by atomic mass is 16.5. The Kier molecular flexibility index (Phi) is 4.65. The summed E-state index contributed by atoms with van der Waals surface area (Å²) in [5, 5.41) is 13.6. The van der Waals surface area contributed by atoms with Crippen molar-refractivity contribution in [2.45, 2.75) is 13.5 Å². The number of ether oxygens (including phenoxy) is 1. The maximum absolute atomic E-state index is 12.1. The van der Waals surface area contributed by atoms with Gasteiger partial charge in [-0.05, 0) is 42.8 Å². The van der Waals surface area contributed by atoms with Crippen LogP contribution in [0, 0.1) is 6.92 Å². The molecule has 0 spiro atoms. The third kappa shape index (κ3) is 3.60. The van der Waals surface area contributed by atoms with Gasteiger partial charge in [0.05, 0.1) is 24.4 Å². The van der Waals surface area contributed by atoms with Crippen LogP contribution in [0.5, 0.6) is 11.5 Å². The van der Waals surface area contributed by atoms with Gasteiger partial charge in [0.25, 0.3) is 5.91 Å². The molecule has 0 saturated carbocycles. The van der Waals surface area contributed by atoms with Gasteiger partial charge >= 0.3 is 0 Å². The number of hydrazone groups is 1. The lowest BCUT2D eigenvalue weighted by atomic mass is 10.2. The molecule has 1 aromatic heterocycles. The van der Waals surface area contributed by atoms with Crippen molar-refractivity contribution >= 4 is 23.2 Å². The lowest BCUT2D eigenvalue weighted by Gasteiger charge is -2.05. The number of imidazole rings is 1. The summed E-state index contributed by atoms with van der Waals surface area (Å²) >= 11 is 0. The molecule has 0 bridgehead atoms. The van der Waals surface area contributed by atoms with E-state index in [1.165, 1.54) is 19.4 Å². The summed E-state index contributed by atoms with van der Waals surface area (Å²) in [6.45, 7) is 1.98. The molecule has 128 valence electrons. The molecule has 0 radical (unpaired) electrons. The molecular weight excluding hydrogens is 320 g/mol. The van der Waals surface area contributed by atoms with Crippen molar-refractivity contribution in [3.05, 3.63) is 53.9 Å². The molecule has 0 aliphatic carbocycles. The van der Waals surface area contributed by atoms with Crippen LogP contribution in [0.1, 0.15) is 11.4 Å². The smallest absolute Gasteiger partial charge is 0.260 e. The first-order chi connectivity index (χ1) is 12.1. The summed E-state index contributed by atoms with van der Waals surface area (Å²) in [5.74, 6) is 0.891. The zero-order valence-corrected chi connectivity index (χ0v) is 13.9. The van der Waals surface area contributed by atoms with Crippen LogP contribution in [-0.4, -0.2) is 33.9 Å². The monoisotopic (exact) mass is 338 g/mol. The number of phenols is 1. The topological polar surface area (TPSA) is 88.7 Å². The fourth-order valence-corrected chi connectivity index (χ4v) is 2.54. The summed E-state index contributed by atoms with van der Waals surface area (Å²) < 4.78 is 6.81. The van der Waals surface area contributed by atoms with Crippen molar-refractivity contribution in [2.75, 3.05) is 7.11 Å². The Balaban J connectivity index is 1.66. The van der Waals surface area contributed by atoms with Gasteiger partial charge in [-0.1, -0.05) is 12.1 Å². The lowest BCUT2D eigenvalue weighted by molar-refractivity contribution is -0.121. The number of rotatable bonds is 5. The van der Waals surface area contributed by atoms with Gasteiger partial charge in [-0.2, -0.15) is 5.10 Å². The van der Waals surface area contributed by atoms with Crippen LogP contribution in [-0.2, 0) is 11.3 Å². The molecule has 0 unspecified atom stereocenters. The second kappa shape index (κ2) is 7.04. The van der Waals surface area contributed by atoms with Gasteiger partial charge in [-0.25, -0.2) is 10.4 Å². The maximum atomic E-state index is 12.1. The molecule has 1 heterocycles. The summed E-state index contributed by atoms with van der Waals surface area (Å²) in [5.41, 5.74) is 4.87.